The van der Waals surface area contributed by atoms with E-state index in [4.69, 9.17) is 4.98 Å². The number of aromatic nitrogens is 2. The van der Waals surface area contributed by atoms with Crippen LogP contribution in [0.25, 0.3) is 21.6 Å². The first-order chi connectivity index (χ1) is 17.0. The summed E-state index contributed by atoms with van der Waals surface area (Å²) >= 11 is 1.64. The largest absolute Gasteiger partial charge is 0.325 e. The molecule has 5 rings (SSSR count). The molecule has 2 aromatic carbocycles. The second-order valence-corrected chi connectivity index (χ2v) is 10.5. The molecule has 0 fully saturated rings. The zero-order valence-corrected chi connectivity index (χ0v) is 21.2. The van der Waals surface area contributed by atoms with Gasteiger partial charge in [-0.2, -0.15) is 0 Å². The average Bonchev–Trinajstić information content (AvgIpc) is 3.24. The number of carbonyl (C=O) groups is 1. The summed E-state index contributed by atoms with van der Waals surface area (Å²) in [5, 5.41) is 3.67. The second kappa shape index (κ2) is 10.2. The van der Waals surface area contributed by atoms with Crippen LogP contribution in [0.1, 0.15) is 54.2 Å². The lowest BCUT2D eigenvalue weighted by molar-refractivity contribution is -0.116. The van der Waals surface area contributed by atoms with E-state index in [0.717, 1.165) is 72.2 Å². The number of rotatable bonds is 7. The molecule has 0 atom stereocenters. The smallest absolute Gasteiger partial charge is 0.263 e. The van der Waals surface area contributed by atoms with Crippen LogP contribution in [0, 0.1) is 6.92 Å². The van der Waals surface area contributed by atoms with Gasteiger partial charge < -0.3 is 5.32 Å². The molecule has 4 aromatic rings. The van der Waals surface area contributed by atoms with Gasteiger partial charge in [0.2, 0.25) is 5.91 Å². The first kappa shape index (κ1) is 23.5. The number of nitrogens with one attached hydrogen (secondary N) is 1. The minimum absolute atomic E-state index is 0.0761. The van der Waals surface area contributed by atoms with Crippen LogP contribution in [0.3, 0.4) is 0 Å². The fraction of sp³-hybridized carbons (Fsp3) is 0.345. The Morgan fingerprint density at radius 3 is 2.69 bits per heavy atom. The maximum Gasteiger partial charge on any atom is 0.263 e. The van der Waals surface area contributed by atoms with Gasteiger partial charge in [-0.3, -0.25) is 14.2 Å². The lowest BCUT2D eigenvalue weighted by Gasteiger charge is -2.14. The number of benzene rings is 2. The normalized spacial score (nSPS) is 13.1. The summed E-state index contributed by atoms with van der Waals surface area (Å²) in [6.45, 7) is 4.12. The Morgan fingerprint density at radius 1 is 1.11 bits per heavy atom. The lowest BCUT2D eigenvalue weighted by atomic mass is 9.97. The SMILES string of the molecule is CCCCc1ccc(NC(=O)Cn2c(-c3cccc(C)c3)nc3sc4c(c3c2=O)CCCC4)cc1. The Kier molecular flexibility index (Phi) is 6.82. The summed E-state index contributed by atoms with van der Waals surface area (Å²) in [6, 6.07) is 15.9. The third-order valence-electron chi connectivity index (χ3n) is 6.71. The van der Waals surface area contributed by atoms with Crippen molar-refractivity contribution in [2.45, 2.75) is 65.3 Å². The fourth-order valence-corrected chi connectivity index (χ4v) is 6.12. The molecule has 0 bridgehead atoms. The molecule has 0 aliphatic heterocycles. The van der Waals surface area contributed by atoms with Crippen LogP contribution in [-0.4, -0.2) is 15.5 Å². The molecule has 1 aliphatic rings. The summed E-state index contributed by atoms with van der Waals surface area (Å²) in [5.41, 5.74) is 4.96. The Labute approximate surface area is 209 Å². The quantitative estimate of drug-likeness (QED) is 0.334. The summed E-state index contributed by atoms with van der Waals surface area (Å²) in [7, 11) is 0. The number of aryl methyl sites for hydroxylation is 4. The zero-order valence-electron chi connectivity index (χ0n) is 20.4. The maximum atomic E-state index is 13.8. The number of unbranched alkanes of at least 4 members (excludes halogenated alkanes) is 1. The van der Waals surface area contributed by atoms with Gasteiger partial charge in [0.05, 0.1) is 5.39 Å². The Hall–Kier alpha value is -3.25. The predicted octanol–water partition coefficient (Wildman–Crippen LogP) is 6.29. The number of anilines is 1. The van der Waals surface area contributed by atoms with E-state index in [-0.39, 0.29) is 18.0 Å². The van der Waals surface area contributed by atoms with Gasteiger partial charge in [-0.05, 0) is 74.8 Å². The van der Waals surface area contributed by atoms with E-state index in [1.807, 2.05) is 43.3 Å². The van der Waals surface area contributed by atoms with Gasteiger partial charge in [0, 0.05) is 16.1 Å². The van der Waals surface area contributed by atoms with Gasteiger partial charge in [-0.15, -0.1) is 11.3 Å². The molecule has 2 aromatic heterocycles. The molecule has 1 amide bonds. The van der Waals surface area contributed by atoms with E-state index in [2.05, 4.69) is 24.4 Å². The van der Waals surface area contributed by atoms with Crippen LogP contribution >= 0.6 is 11.3 Å². The van der Waals surface area contributed by atoms with Crippen LogP contribution in [0.5, 0.6) is 0 Å². The third-order valence-corrected chi connectivity index (χ3v) is 7.90. The monoisotopic (exact) mass is 485 g/mol. The topological polar surface area (TPSA) is 64.0 Å². The molecule has 1 N–H and O–H groups in total. The van der Waals surface area contributed by atoms with Crippen molar-refractivity contribution in [3.8, 4) is 11.4 Å². The van der Waals surface area contributed by atoms with Crippen LogP contribution in [-0.2, 0) is 30.6 Å². The van der Waals surface area contributed by atoms with E-state index < -0.39 is 0 Å². The van der Waals surface area contributed by atoms with E-state index >= 15 is 0 Å². The molecule has 180 valence electrons. The Bertz CT molecular complexity index is 1430. The highest BCUT2D eigenvalue weighted by Gasteiger charge is 2.23. The first-order valence-corrected chi connectivity index (χ1v) is 13.4. The molecule has 0 unspecified atom stereocenters. The number of fused-ring (bicyclic) bond motifs is 3. The van der Waals surface area contributed by atoms with Gasteiger partial charge in [0.25, 0.3) is 5.56 Å². The van der Waals surface area contributed by atoms with Gasteiger partial charge in [0.15, 0.2) is 0 Å². The van der Waals surface area contributed by atoms with Crippen molar-refractivity contribution in [2.75, 3.05) is 5.32 Å². The second-order valence-electron chi connectivity index (χ2n) is 9.44. The van der Waals surface area contributed by atoms with Crippen molar-refractivity contribution < 1.29 is 4.79 Å². The van der Waals surface area contributed by atoms with E-state index in [9.17, 15) is 9.59 Å². The van der Waals surface area contributed by atoms with Crippen molar-refractivity contribution >= 4 is 33.1 Å². The standard InChI is InChI=1S/C29H31N3O2S/c1-3-4-9-20-13-15-22(16-14-20)30-25(33)18-32-27(21-10-7-8-19(2)17-21)31-28-26(29(32)34)23-11-5-6-12-24(23)35-28/h7-8,10,13-17H,3-6,9,11-12,18H2,1-2H3,(H,30,33). The minimum Gasteiger partial charge on any atom is -0.325 e. The van der Waals surface area contributed by atoms with Gasteiger partial charge in [0.1, 0.15) is 17.2 Å². The summed E-state index contributed by atoms with van der Waals surface area (Å²) in [6.07, 6.45) is 7.50. The predicted molar refractivity (Wildman–Crippen MR) is 144 cm³/mol. The molecule has 1 aliphatic carbocycles. The van der Waals surface area contributed by atoms with Crippen molar-refractivity contribution in [1.29, 1.82) is 0 Å². The number of nitrogens with zero attached hydrogens (tertiary/aromatic N) is 2. The van der Waals surface area contributed by atoms with Gasteiger partial charge >= 0.3 is 0 Å². The molecular formula is C29H31N3O2S. The summed E-state index contributed by atoms with van der Waals surface area (Å²) in [4.78, 5) is 33.9. The molecule has 6 heteroatoms. The molecule has 2 heterocycles. The molecule has 5 nitrogen and oxygen atoms in total. The molecular weight excluding hydrogens is 454 g/mol. The van der Waals surface area contributed by atoms with Crippen molar-refractivity contribution in [3.63, 3.8) is 0 Å². The number of hydrogen-bond acceptors (Lipinski definition) is 4. The highest BCUT2D eigenvalue weighted by Crippen LogP contribution is 2.35. The third kappa shape index (κ3) is 4.94. The minimum atomic E-state index is -0.229. The summed E-state index contributed by atoms with van der Waals surface area (Å²) in [5.74, 6) is 0.322. The molecule has 0 saturated heterocycles. The lowest BCUT2D eigenvalue weighted by Crippen LogP contribution is -2.30. The number of hydrogen-bond donors (Lipinski definition) is 1. The fourth-order valence-electron chi connectivity index (χ4n) is 4.87. The number of amides is 1. The highest BCUT2D eigenvalue weighted by molar-refractivity contribution is 7.18. The van der Waals surface area contributed by atoms with E-state index in [0.29, 0.717) is 11.2 Å². The van der Waals surface area contributed by atoms with Gasteiger partial charge in [-0.1, -0.05) is 49.2 Å². The summed E-state index contributed by atoms with van der Waals surface area (Å²) < 4.78 is 1.56. The van der Waals surface area contributed by atoms with Crippen LogP contribution in [0.4, 0.5) is 5.69 Å². The molecule has 0 saturated carbocycles. The van der Waals surface area contributed by atoms with E-state index in [1.54, 1.807) is 15.9 Å². The molecule has 0 spiro atoms. The number of thiophene rings is 1. The number of carbonyl (C=O) groups excluding carboxylic acids is 1. The first-order valence-electron chi connectivity index (χ1n) is 12.5. The van der Waals surface area contributed by atoms with E-state index in [1.165, 1.54) is 10.4 Å². The van der Waals surface area contributed by atoms with Crippen molar-refractivity contribution in [3.05, 3.63) is 80.5 Å². The Balaban J connectivity index is 1.51. The van der Waals surface area contributed by atoms with Crippen LogP contribution < -0.4 is 10.9 Å². The zero-order chi connectivity index (χ0) is 24.4. The molecule has 0 radical (unpaired) electrons. The maximum absolute atomic E-state index is 13.8. The van der Waals surface area contributed by atoms with Crippen LogP contribution in [0.2, 0.25) is 0 Å². The highest BCUT2D eigenvalue weighted by atomic mass is 32.1. The Morgan fingerprint density at radius 2 is 1.91 bits per heavy atom. The van der Waals surface area contributed by atoms with Crippen molar-refractivity contribution in [1.82, 2.24) is 9.55 Å². The van der Waals surface area contributed by atoms with Crippen LogP contribution in [0.15, 0.2) is 53.3 Å². The van der Waals surface area contributed by atoms with Gasteiger partial charge in [-0.25, -0.2) is 4.98 Å². The van der Waals surface area contributed by atoms with Crippen molar-refractivity contribution in [2.24, 2.45) is 0 Å². The molecule has 35 heavy (non-hydrogen) atoms. The average molecular weight is 486 g/mol.